The van der Waals surface area contributed by atoms with Crippen molar-refractivity contribution in [2.24, 2.45) is 0 Å². The summed E-state index contributed by atoms with van der Waals surface area (Å²) in [6.45, 7) is 1.98. The quantitative estimate of drug-likeness (QED) is 0.219. The first kappa shape index (κ1) is 28.4. The van der Waals surface area contributed by atoms with Crippen molar-refractivity contribution in [3.8, 4) is 39.0 Å². The lowest BCUT2D eigenvalue weighted by Crippen LogP contribution is -2.25. The Kier molecular flexibility index (Phi) is 7.15. The number of nitrogens with one attached hydrogen (secondary N) is 1. The van der Waals surface area contributed by atoms with Gasteiger partial charge in [0.2, 0.25) is 15.9 Å². The molecule has 1 N–H and O–H groups in total. The number of rotatable bonds is 7. The molecular weight excluding hydrogens is 585 g/mol. The van der Waals surface area contributed by atoms with E-state index in [9.17, 15) is 13.2 Å². The van der Waals surface area contributed by atoms with Crippen LogP contribution in [0.5, 0.6) is 5.88 Å². The summed E-state index contributed by atoms with van der Waals surface area (Å²) < 4.78 is 39.7. The van der Waals surface area contributed by atoms with E-state index in [2.05, 4.69) is 5.32 Å². The van der Waals surface area contributed by atoms with Crippen LogP contribution in [0.3, 0.4) is 0 Å². The zero-order valence-corrected chi connectivity index (χ0v) is 25.8. The third-order valence-corrected chi connectivity index (χ3v) is 9.52. The molecule has 6 aromatic rings. The number of hydrogen-bond donors (Lipinski definition) is 1. The predicted octanol–water partition coefficient (Wildman–Crippen LogP) is 6.51. The standard InChI is InChI=1S/C32H28N4O5S2/c1-18-10-12-19(13-11-18)30-29(31(37)33-2)22-16-21(25(17-26(22)41-30)36(3)43(5,38)39)24-14-20(15-28(34-24)40-4)32-35-23-8-6-7-9-27(23)42-32/h6-17H,1-5H3,(H,33,37). The van der Waals surface area contributed by atoms with E-state index in [-0.39, 0.29) is 5.91 Å². The molecule has 11 heteroatoms. The minimum Gasteiger partial charge on any atom is -0.481 e. The van der Waals surface area contributed by atoms with E-state index in [1.54, 1.807) is 25.2 Å². The van der Waals surface area contributed by atoms with Crippen molar-refractivity contribution in [2.45, 2.75) is 6.92 Å². The molecule has 0 aliphatic heterocycles. The number of pyridine rings is 1. The summed E-state index contributed by atoms with van der Waals surface area (Å²) in [6, 6.07) is 22.5. The molecule has 0 aliphatic rings. The highest BCUT2D eigenvalue weighted by atomic mass is 32.2. The van der Waals surface area contributed by atoms with E-state index in [4.69, 9.17) is 19.1 Å². The minimum atomic E-state index is -3.69. The highest BCUT2D eigenvalue weighted by molar-refractivity contribution is 7.92. The predicted molar refractivity (Wildman–Crippen MR) is 171 cm³/mol. The van der Waals surface area contributed by atoms with Crippen molar-refractivity contribution >= 4 is 54.1 Å². The van der Waals surface area contributed by atoms with Crippen molar-refractivity contribution < 1.29 is 22.4 Å². The summed E-state index contributed by atoms with van der Waals surface area (Å²) in [5, 5.41) is 3.99. The molecule has 0 atom stereocenters. The van der Waals surface area contributed by atoms with Gasteiger partial charge in [0.25, 0.3) is 5.91 Å². The fourth-order valence-corrected chi connectivity index (χ4v) is 6.36. The van der Waals surface area contributed by atoms with Gasteiger partial charge in [0.05, 0.1) is 40.5 Å². The van der Waals surface area contributed by atoms with E-state index in [1.165, 1.54) is 29.8 Å². The summed E-state index contributed by atoms with van der Waals surface area (Å²) in [4.78, 5) is 22.8. The molecule has 0 saturated carbocycles. The Morgan fingerprint density at radius 2 is 1.74 bits per heavy atom. The summed E-state index contributed by atoms with van der Waals surface area (Å²) in [5.41, 5.74) is 5.37. The molecule has 6 rings (SSSR count). The average Bonchev–Trinajstić information content (AvgIpc) is 3.61. The van der Waals surface area contributed by atoms with Crippen LogP contribution in [0.15, 0.2) is 77.2 Å². The lowest BCUT2D eigenvalue weighted by atomic mass is 10.00. The Bertz CT molecular complexity index is 2100. The lowest BCUT2D eigenvalue weighted by molar-refractivity contribution is 0.0964. The number of aromatic nitrogens is 2. The highest BCUT2D eigenvalue weighted by Crippen LogP contribution is 2.42. The van der Waals surface area contributed by atoms with E-state index in [0.29, 0.717) is 45.1 Å². The number of hydrogen-bond acceptors (Lipinski definition) is 8. The van der Waals surface area contributed by atoms with Crippen LogP contribution in [-0.2, 0) is 10.0 Å². The molecule has 0 aliphatic carbocycles. The van der Waals surface area contributed by atoms with Gasteiger partial charge in [-0.15, -0.1) is 11.3 Å². The molecule has 0 saturated heterocycles. The maximum Gasteiger partial charge on any atom is 0.255 e. The maximum absolute atomic E-state index is 13.3. The molecule has 9 nitrogen and oxygen atoms in total. The summed E-state index contributed by atoms with van der Waals surface area (Å²) in [6.07, 6.45) is 1.13. The van der Waals surface area contributed by atoms with Gasteiger partial charge in [0, 0.05) is 48.3 Å². The number of ether oxygens (including phenoxy) is 1. The van der Waals surface area contributed by atoms with Crippen LogP contribution in [-0.4, -0.2) is 51.8 Å². The molecule has 3 aromatic carbocycles. The SMILES string of the molecule is CNC(=O)c1c(-c2ccc(C)cc2)oc2cc(N(C)S(C)(=O)=O)c(-c3cc(-c4nc5ccccc5s4)cc(OC)n3)cc12. The van der Waals surface area contributed by atoms with Crippen LogP contribution in [0.1, 0.15) is 15.9 Å². The van der Waals surface area contributed by atoms with Gasteiger partial charge in [-0.1, -0.05) is 42.0 Å². The molecule has 0 bridgehead atoms. The smallest absolute Gasteiger partial charge is 0.255 e. The first-order valence-corrected chi connectivity index (χ1v) is 16.0. The molecule has 43 heavy (non-hydrogen) atoms. The third-order valence-electron chi connectivity index (χ3n) is 7.24. The Hall–Kier alpha value is -4.74. The van der Waals surface area contributed by atoms with E-state index >= 15 is 0 Å². The molecular formula is C32H28N4O5S2. The van der Waals surface area contributed by atoms with Gasteiger partial charge in [-0.05, 0) is 31.2 Å². The van der Waals surface area contributed by atoms with Crippen molar-refractivity contribution in [3.05, 3.63) is 83.9 Å². The molecule has 3 heterocycles. The number of sulfonamides is 1. The molecule has 0 radical (unpaired) electrons. The first-order valence-electron chi connectivity index (χ1n) is 13.3. The summed E-state index contributed by atoms with van der Waals surface area (Å²) in [5.74, 6) is 0.380. The number of carbonyl (C=O) groups excluding carboxylic acids is 1. The number of methoxy groups -OCH3 is 1. The average molecular weight is 613 g/mol. The lowest BCUT2D eigenvalue weighted by Gasteiger charge is -2.20. The van der Waals surface area contributed by atoms with Crippen LogP contribution >= 0.6 is 11.3 Å². The second-order valence-corrected chi connectivity index (χ2v) is 13.2. The fraction of sp³-hybridized carbons (Fsp3) is 0.156. The zero-order valence-electron chi connectivity index (χ0n) is 24.1. The van der Waals surface area contributed by atoms with Crippen LogP contribution in [0.4, 0.5) is 5.69 Å². The monoisotopic (exact) mass is 612 g/mol. The maximum atomic E-state index is 13.3. The van der Waals surface area contributed by atoms with Crippen LogP contribution in [0.25, 0.3) is 54.3 Å². The van der Waals surface area contributed by atoms with Crippen molar-refractivity contribution in [1.29, 1.82) is 0 Å². The zero-order chi connectivity index (χ0) is 30.5. The van der Waals surface area contributed by atoms with Crippen LogP contribution in [0, 0.1) is 6.92 Å². The Labute approximate surface area is 252 Å². The van der Waals surface area contributed by atoms with Crippen molar-refractivity contribution in [3.63, 3.8) is 0 Å². The van der Waals surface area contributed by atoms with Gasteiger partial charge >= 0.3 is 0 Å². The highest BCUT2D eigenvalue weighted by Gasteiger charge is 2.27. The largest absolute Gasteiger partial charge is 0.481 e. The third kappa shape index (κ3) is 5.21. The Morgan fingerprint density at radius 3 is 2.42 bits per heavy atom. The number of para-hydroxylation sites is 1. The van der Waals surface area contributed by atoms with Gasteiger partial charge in [-0.2, -0.15) is 0 Å². The van der Waals surface area contributed by atoms with E-state index < -0.39 is 10.0 Å². The van der Waals surface area contributed by atoms with Gasteiger partial charge in [-0.25, -0.2) is 18.4 Å². The number of thiazole rings is 1. The molecule has 0 spiro atoms. The second kappa shape index (κ2) is 10.8. The molecule has 0 unspecified atom stereocenters. The number of aryl methyl sites for hydroxylation is 1. The fourth-order valence-electron chi connectivity index (χ4n) is 4.90. The Balaban J connectivity index is 1.64. The van der Waals surface area contributed by atoms with Gasteiger partial charge in [-0.3, -0.25) is 9.10 Å². The van der Waals surface area contributed by atoms with Gasteiger partial charge in [0.1, 0.15) is 16.4 Å². The van der Waals surface area contributed by atoms with Crippen molar-refractivity contribution in [2.75, 3.05) is 31.8 Å². The number of carbonyl (C=O) groups is 1. The summed E-state index contributed by atoms with van der Waals surface area (Å²) in [7, 11) is 0.861. The normalized spacial score (nSPS) is 11.7. The number of amides is 1. The number of anilines is 1. The van der Waals surface area contributed by atoms with E-state index in [1.807, 2.05) is 61.5 Å². The Morgan fingerprint density at radius 1 is 1.00 bits per heavy atom. The summed E-state index contributed by atoms with van der Waals surface area (Å²) >= 11 is 1.53. The number of fused-ring (bicyclic) bond motifs is 2. The molecule has 1 amide bonds. The second-order valence-electron chi connectivity index (χ2n) is 10.1. The van der Waals surface area contributed by atoms with Gasteiger partial charge < -0.3 is 14.5 Å². The molecule has 218 valence electrons. The van der Waals surface area contributed by atoms with E-state index in [0.717, 1.165) is 38.2 Å². The number of nitrogens with zero attached hydrogens (tertiary/aromatic N) is 3. The van der Waals surface area contributed by atoms with Crippen molar-refractivity contribution in [1.82, 2.24) is 15.3 Å². The molecule has 0 fully saturated rings. The van der Waals surface area contributed by atoms with Crippen LogP contribution in [0.2, 0.25) is 0 Å². The first-order chi connectivity index (χ1) is 20.6. The van der Waals surface area contributed by atoms with Gasteiger partial charge in [0.15, 0.2) is 0 Å². The number of benzene rings is 3. The number of furan rings is 1. The minimum absolute atomic E-state index is 0.332. The molecule has 3 aromatic heterocycles. The topological polar surface area (TPSA) is 115 Å². The van der Waals surface area contributed by atoms with Crippen LogP contribution < -0.4 is 14.4 Å².